The smallest absolute Gasteiger partial charge is 0.224 e. The summed E-state index contributed by atoms with van der Waals surface area (Å²) in [6, 6.07) is 10.8. The molecule has 3 aliphatic heterocycles. The van der Waals surface area contributed by atoms with Crippen LogP contribution >= 0.6 is 0 Å². The normalized spacial score (nSPS) is 24.2. The van der Waals surface area contributed by atoms with Gasteiger partial charge in [0.25, 0.3) is 0 Å². The molecule has 3 aromatic rings. The Morgan fingerprint density at radius 1 is 1.15 bits per heavy atom. The first kappa shape index (κ1) is 20.3. The van der Waals surface area contributed by atoms with E-state index in [1.165, 1.54) is 6.20 Å². The van der Waals surface area contributed by atoms with Crippen LogP contribution in [0.2, 0.25) is 0 Å². The molecule has 6 rings (SSSR count). The number of halogens is 1. The molecule has 33 heavy (non-hydrogen) atoms. The lowest BCUT2D eigenvalue weighted by molar-refractivity contribution is -0.0648. The zero-order valence-electron chi connectivity index (χ0n) is 17.9. The number of benzene rings is 1. The summed E-state index contributed by atoms with van der Waals surface area (Å²) in [5.41, 5.74) is 8.53. The molecule has 0 amide bonds. The standard InChI is InChI=1S/C25H21FN4O3/c1-24(12-31-13-24)7-6-15-9-19-22(29-11-15)33-20-5-4-16(17-3-2-8-28-21(17)26)10-18(20)25(19)14-32-23(27)30-25/h2-5,8-11,23,30H,12-14,27H2,1H3/t23?,25-/m0/s1. The topological polar surface area (TPSA) is 91.5 Å². The second-order valence-corrected chi connectivity index (χ2v) is 8.82. The van der Waals surface area contributed by atoms with Crippen LogP contribution in [0.1, 0.15) is 23.6 Å². The highest BCUT2D eigenvalue weighted by Gasteiger charge is 2.48. The first-order valence-electron chi connectivity index (χ1n) is 10.7. The second-order valence-electron chi connectivity index (χ2n) is 8.82. The predicted molar refractivity (Wildman–Crippen MR) is 118 cm³/mol. The summed E-state index contributed by atoms with van der Waals surface area (Å²) < 4.78 is 31.6. The lowest BCUT2D eigenvalue weighted by Crippen LogP contribution is -2.47. The van der Waals surface area contributed by atoms with E-state index in [1.54, 1.807) is 30.5 Å². The maximum absolute atomic E-state index is 14.4. The Kier molecular flexibility index (Phi) is 4.50. The number of pyridine rings is 2. The highest BCUT2D eigenvalue weighted by Crippen LogP contribution is 2.49. The van der Waals surface area contributed by atoms with Crippen LogP contribution in [0.3, 0.4) is 0 Å². The molecule has 7 nitrogen and oxygen atoms in total. The van der Waals surface area contributed by atoms with Crippen LogP contribution in [0.5, 0.6) is 11.6 Å². The molecule has 3 N–H and O–H groups in total. The van der Waals surface area contributed by atoms with Crippen molar-refractivity contribution >= 4 is 0 Å². The van der Waals surface area contributed by atoms with Crippen molar-refractivity contribution in [1.82, 2.24) is 15.3 Å². The lowest BCUT2D eigenvalue weighted by Gasteiger charge is -2.36. The number of nitrogens with one attached hydrogen (secondary N) is 1. The van der Waals surface area contributed by atoms with Gasteiger partial charge in [0.15, 0.2) is 6.35 Å². The van der Waals surface area contributed by atoms with Gasteiger partial charge in [-0.25, -0.2) is 9.97 Å². The van der Waals surface area contributed by atoms with Gasteiger partial charge < -0.3 is 14.2 Å². The first-order valence-corrected chi connectivity index (χ1v) is 10.7. The van der Waals surface area contributed by atoms with Gasteiger partial charge in [-0.3, -0.25) is 11.1 Å². The van der Waals surface area contributed by atoms with Gasteiger partial charge in [0, 0.05) is 34.6 Å². The van der Waals surface area contributed by atoms with E-state index in [-0.39, 0.29) is 12.0 Å². The number of nitrogens with zero attached hydrogens (tertiary/aromatic N) is 2. The van der Waals surface area contributed by atoms with E-state index in [1.807, 2.05) is 12.1 Å². The fourth-order valence-electron chi connectivity index (χ4n) is 4.43. The summed E-state index contributed by atoms with van der Waals surface area (Å²) in [5.74, 6) is 7.02. The van der Waals surface area contributed by atoms with E-state index in [0.717, 1.165) is 16.7 Å². The van der Waals surface area contributed by atoms with Crippen LogP contribution in [0, 0.1) is 23.2 Å². The summed E-state index contributed by atoms with van der Waals surface area (Å²) in [5, 5.41) is 3.35. The van der Waals surface area contributed by atoms with E-state index in [9.17, 15) is 4.39 Å². The van der Waals surface area contributed by atoms with Gasteiger partial charge in [0.05, 0.1) is 25.2 Å². The molecule has 2 fully saturated rings. The van der Waals surface area contributed by atoms with Crippen LogP contribution in [0.25, 0.3) is 11.1 Å². The molecule has 1 unspecified atom stereocenters. The quantitative estimate of drug-likeness (QED) is 0.441. The van der Waals surface area contributed by atoms with Gasteiger partial charge in [-0.05, 0) is 42.8 Å². The molecule has 3 aliphatic rings. The lowest BCUT2D eigenvalue weighted by atomic mass is 9.80. The van der Waals surface area contributed by atoms with Crippen molar-refractivity contribution in [2.45, 2.75) is 18.8 Å². The van der Waals surface area contributed by atoms with Gasteiger partial charge in [-0.2, -0.15) is 4.39 Å². The Morgan fingerprint density at radius 2 is 2.03 bits per heavy atom. The number of aromatic nitrogens is 2. The van der Waals surface area contributed by atoms with E-state index >= 15 is 0 Å². The molecular formula is C25H21FN4O3. The Balaban J connectivity index is 1.48. The fourth-order valence-corrected chi connectivity index (χ4v) is 4.43. The van der Waals surface area contributed by atoms with E-state index in [0.29, 0.717) is 36.0 Å². The summed E-state index contributed by atoms with van der Waals surface area (Å²) in [7, 11) is 0. The number of rotatable bonds is 1. The maximum Gasteiger partial charge on any atom is 0.224 e. The van der Waals surface area contributed by atoms with Gasteiger partial charge in [-0.1, -0.05) is 17.9 Å². The van der Waals surface area contributed by atoms with Crippen LogP contribution in [0.15, 0.2) is 48.8 Å². The minimum absolute atomic E-state index is 0.142. The number of nitrogens with two attached hydrogens (primary N) is 1. The third-order valence-corrected chi connectivity index (χ3v) is 6.24. The van der Waals surface area contributed by atoms with Gasteiger partial charge in [-0.15, -0.1) is 0 Å². The molecule has 166 valence electrons. The highest BCUT2D eigenvalue weighted by atomic mass is 19.1. The molecule has 0 radical (unpaired) electrons. The zero-order chi connectivity index (χ0) is 22.6. The fraction of sp³-hybridized carbons (Fsp3) is 0.280. The summed E-state index contributed by atoms with van der Waals surface area (Å²) in [4.78, 5) is 8.31. The van der Waals surface area contributed by atoms with Crippen LogP contribution in [-0.2, 0) is 15.0 Å². The molecule has 1 aromatic carbocycles. The molecule has 0 saturated carbocycles. The second kappa shape index (κ2) is 7.33. The number of ether oxygens (including phenoxy) is 3. The zero-order valence-corrected chi connectivity index (χ0v) is 17.9. The van der Waals surface area contributed by atoms with E-state index < -0.39 is 17.8 Å². The van der Waals surface area contributed by atoms with Crippen LogP contribution < -0.4 is 15.8 Å². The molecule has 1 spiro atoms. The summed E-state index contributed by atoms with van der Waals surface area (Å²) in [6.45, 7) is 3.58. The SMILES string of the molecule is CC1(C#Cc2cnc3c(c2)[C@]2(COC(N)N2)c2cc(-c4cccnc4F)ccc2O3)COC1. The van der Waals surface area contributed by atoms with Crippen LogP contribution in [-0.4, -0.2) is 36.1 Å². The Bertz CT molecular complexity index is 1330. The van der Waals surface area contributed by atoms with Crippen molar-refractivity contribution in [2.75, 3.05) is 19.8 Å². The van der Waals surface area contributed by atoms with Crippen LogP contribution in [0.4, 0.5) is 4.39 Å². The van der Waals surface area contributed by atoms with Gasteiger partial charge >= 0.3 is 0 Å². The van der Waals surface area contributed by atoms with Crippen molar-refractivity contribution in [1.29, 1.82) is 0 Å². The molecule has 2 atom stereocenters. The number of hydrogen-bond acceptors (Lipinski definition) is 7. The predicted octanol–water partition coefficient (Wildman–Crippen LogP) is 2.88. The number of fused-ring (bicyclic) bond motifs is 4. The maximum atomic E-state index is 14.4. The molecular weight excluding hydrogens is 423 g/mol. The largest absolute Gasteiger partial charge is 0.438 e. The Labute approximate surface area is 190 Å². The molecule has 5 heterocycles. The van der Waals surface area contributed by atoms with E-state index in [4.69, 9.17) is 19.9 Å². The molecule has 2 aromatic heterocycles. The first-order chi connectivity index (χ1) is 16.0. The third kappa shape index (κ3) is 3.29. The Hall–Kier alpha value is -3.35. The summed E-state index contributed by atoms with van der Waals surface area (Å²) >= 11 is 0. The van der Waals surface area contributed by atoms with Crippen molar-refractivity contribution in [2.24, 2.45) is 11.1 Å². The number of hydrogen-bond donors (Lipinski definition) is 2. The minimum Gasteiger partial charge on any atom is -0.438 e. The minimum atomic E-state index is -0.814. The molecule has 8 heteroatoms. The van der Waals surface area contributed by atoms with Gasteiger partial charge in [0.1, 0.15) is 11.3 Å². The summed E-state index contributed by atoms with van der Waals surface area (Å²) in [6.07, 6.45) is 2.44. The van der Waals surface area contributed by atoms with Crippen molar-refractivity contribution in [3.8, 4) is 34.6 Å². The van der Waals surface area contributed by atoms with Crippen molar-refractivity contribution < 1.29 is 18.6 Å². The average molecular weight is 444 g/mol. The molecule has 0 bridgehead atoms. The highest BCUT2D eigenvalue weighted by molar-refractivity contribution is 5.69. The molecule has 0 aliphatic carbocycles. The average Bonchev–Trinajstić information content (AvgIpc) is 3.19. The van der Waals surface area contributed by atoms with Crippen molar-refractivity contribution in [3.63, 3.8) is 0 Å². The molecule has 2 saturated heterocycles. The Morgan fingerprint density at radius 3 is 2.76 bits per heavy atom. The van der Waals surface area contributed by atoms with Crippen molar-refractivity contribution in [3.05, 3.63) is 71.4 Å². The monoisotopic (exact) mass is 444 g/mol. The third-order valence-electron chi connectivity index (χ3n) is 6.24. The van der Waals surface area contributed by atoms with Gasteiger partial charge in [0.2, 0.25) is 11.8 Å². The van der Waals surface area contributed by atoms with E-state index in [2.05, 4.69) is 34.0 Å².